The molecule has 0 unspecified atom stereocenters. The molecule has 0 saturated carbocycles. The van der Waals surface area contributed by atoms with Crippen molar-refractivity contribution in [1.82, 2.24) is 0 Å². The van der Waals surface area contributed by atoms with Crippen molar-refractivity contribution in [3.8, 4) is 0 Å². The Balaban J connectivity index is 1.58. The zero-order chi connectivity index (χ0) is 18.4. The lowest BCUT2D eigenvalue weighted by Crippen LogP contribution is -2.26. The average Bonchev–Trinajstić information content (AvgIpc) is 3.08. The van der Waals surface area contributed by atoms with E-state index in [9.17, 15) is 9.59 Å². The van der Waals surface area contributed by atoms with Gasteiger partial charge in [-0.2, -0.15) is 0 Å². The highest BCUT2D eigenvalue weighted by atomic mass is 16.2. The molecule has 1 fully saturated rings. The number of carbonyl (C=O) groups is 2. The van der Waals surface area contributed by atoms with E-state index in [0.29, 0.717) is 6.42 Å². The molecule has 136 valence electrons. The monoisotopic (exact) mass is 351 g/mol. The molecule has 1 heterocycles. The smallest absolute Gasteiger partial charge is 0.243 e. The Morgan fingerprint density at radius 3 is 2.58 bits per heavy atom. The Bertz CT molecular complexity index is 771. The van der Waals surface area contributed by atoms with Gasteiger partial charge in [0.1, 0.15) is 0 Å². The van der Waals surface area contributed by atoms with E-state index in [1.54, 1.807) is 4.90 Å². The quantitative estimate of drug-likeness (QED) is 0.797. The molecule has 2 aromatic rings. The lowest BCUT2D eigenvalue weighted by Gasteiger charge is -2.20. The zero-order valence-corrected chi connectivity index (χ0v) is 15.1. The first-order valence-electron chi connectivity index (χ1n) is 9.19. The van der Waals surface area contributed by atoms with Gasteiger partial charge in [0.15, 0.2) is 0 Å². The summed E-state index contributed by atoms with van der Waals surface area (Å²) in [7, 11) is 0. The molecule has 0 bridgehead atoms. The summed E-state index contributed by atoms with van der Waals surface area (Å²) in [6.07, 6.45) is 3.61. The predicted molar refractivity (Wildman–Crippen MR) is 106 cm³/mol. The van der Waals surface area contributed by atoms with Gasteiger partial charge >= 0.3 is 0 Å². The molecule has 0 spiro atoms. The van der Waals surface area contributed by atoms with E-state index in [1.807, 2.05) is 48.5 Å². The van der Waals surface area contributed by atoms with Crippen LogP contribution in [0, 0.1) is 0 Å². The third-order valence-electron chi connectivity index (χ3n) is 4.48. The van der Waals surface area contributed by atoms with E-state index in [4.69, 9.17) is 0 Å². The second kappa shape index (κ2) is 8.52. The number of carbonyl (C=O) groups excluding carboxylic acids is 2. The first-order valence-corrected chi connectivity index (χ1v) is 9.19. The highest BCUT2D eigenvalue weighted by molar-refractivity contribution is 5.99. The van der Waals surface area contributed by atoms with E-state index in [-0.39, 0.29) is 18.4 Å². The van der Waals surface area contributed by atoms with Gasteiger partial charge in [-0.15, -0.1) is 0 Å². The van der Waals surface area contributed by atoms with Gasteiger partial charge < -0.3 is 15.5 Å². The van der Waals surface area contributed by atoms with Crippen LogP contribution in [0.4, 0.5) is 17.1 Å². The summed E-state index contributed by atoms with van der Waals surface area (Å²) >= 11 is 0. The topological polar surface area (TPSA) is 61.4 Å². The molecule has 0 aromatic heterocycles. The second-order valence-corrected chi connectivity index (χ2v) is 6.51. The normalized spacial score (nSPS) is 13.7. The van der Waals surface area contributed by atoms with E-state index < -0.39 is 0 Å². The van der Waals surface area contributed by atoms with Crippen LogP contribution < -0.4 is 15.5 Å². The minimum atomic E-state index is -0.115. The molecule has 2 N–H and O–H groups in total. The third kappa shape index (κ3) is 4.42. The van der Waals surface area contributed by atoms with Crippen LogP contribution in [0.5, 0.6) is 0 Å². The van der Waals surface area contributed by atoms with Crippen LogP contribution in [0.25, 0.3) is 0 Å². The fourth-order valence-electron chi connectivity index (χ4n) is 3.19. The summed E-state index contributed by atoms with van der Waals surface area (Å²) in [6, 6.07) is 15.6. The van der Waals surface area contributed by atoms with E-state index in [2.05, 4.69) is 17.6 Å². The molecule has 0 radical (unpaired) electrons. The highest BCUT2D eigenvalue weighted by Gasteiger charge is 2.23. The van der Waals surface area contributed by atoms with Crippen molar-refractivity contribution in [3.63, 3.8) is 0 Å². The van der Waals surface area contributed by atoms with Crippen molar-refractivity contribution in [2.45, 2.75) is 32.6 Å². The summed E-state index contributed by atoms with van der Waals surface area (Å²) in [5.74, 6) is 0.0201. The zero-order valence-electron chi connectivity index (χ0n) is 15.1. The molecule has 0 aliphatic carbocycles. The van der Waals surface area contributed by atoms with Crippen LogP contribution >= 0.6 is 0 Å². The fraction of sp³-hybridized carbons (Fsp3) is 0.333. The number of nitrogens with zero attached hydrogens (tertiary/aromatic N) is 1. The maximum Gasteiger partial charge on any atom is 0.243 e. The first kappa shape index (κ1) is 18.0. The molecule has 1 aliphatic heterocycles. The molecular formula is C21H25N3O2. The fourth-order valence-corrected chi connectivity index (χ4v) is 3.19. The van der Waals surface area contributed by atoms with Crippen molar-refractivity contribution >= 4 is 28.9 Å². The Labute approximate surface area is 154 Å². The molecule has 1 aliphatic rings. The molecular weight excluding hydrogens is 326 g/mol. The van der Waals surface area contributed by atoms with Crippen molar-refractivity contribution < 1.29 is 9.59 Å². The lowest BCUT2D eigenvalue weighted by atomic mass is 10.1. The van der Waals surface area contributed by atoms with E-state index in [0.717, 1.165) is 42.9 Å². The SMILES string of the molecule is CCCc1ccc(NC(=O)CNc2ccccc2N2CCCC2=O)cc1. The number of amides is 2. The van der Waals surface area contributed by atoms with Gasteiger partial charge in [0.25, 0.3) is 0 Å². The Kier molecular flexibility index (Phi) is 5.89. The Morgan fingerprint density at radius 1 is 1.12 bits per heavy atom. The molecule has 2 aromatic carbocycles. The van der Waals surface area contributed by atoms with Crippen LogP contribution in [0.15, 0.2) is 48.5 Å². The van der Waals surface area contributed by atoms with Gasteiger partial charge in [0.2, 0.25) is 11.8 Å². The number of para-hydroxylation sites is 2. The van der Waals surface area contributed by atoms with E-state index in [1.165, 1.54) is 5.56 Å². The number of hydrogen-bond acceptors (Lipinski definition) is 3. The lowest BCUT2D eigenvalue weighted by molar-refractivity contribution is -0.117. The van der Waals surface area contributed by atoms with Gasteiger partial charge in [0.05, 0.1) is 17.9 Å². The number of hydrogen-bond donors (Lipinski definition) is 2. The second-order valence-electron chi connectivity index (χ2n) is 6.51. The highest BCUT2D eigenvalue weighted by Crippen LogP contribution is 2.29. The average molecular weight is 351 g/mol. The number of anilines is 3. The number of benzene rings is 2. The summed E-state index contributed by atoms with van der Waals surface area (Å²) in [6.45, 7) is 3.03. The van der Waals surface area contributed by atoms with Crippen molar-refractivity contribution in [2.24, 2.45) is 0 Å². The molecule has 5 nitrogen and oxygen atoms in total. The summed E-state index contributed by atoms with van der Waals surface area (Å²) < 4.78 is 0. The third-order valence-corrected chi connectivity index (χ3v) is 4.48. The van der Waals surface area contributed by atoms with Crippen LogP contribution in [0.1, 0.15) is 31.7 Å². The molecule has 0 atom stereocenters. The Hall–Kier alpha value is -2.82. The van der Waals surface area contributed by atoms with Crippen molar-refractivity contribution in [1.29, 1.82) is 0 Å². The van der Waals surface area contributed by atoms with E-state index >= 15 is 0 Å². The van der Waals surface area contributed by atoms with Gasteiger partial charge in [-0.3, -0.25) is 9.59 Å². The van der Waals surface area contributed by atoms with Gasteiger partial charge in [-0.05, 0) is 42.7 Å². The van der Waals surface area contributed by atoms with Crippen LogP contribution in [-0.2, 0) is 16.0 Å². The Morgan fingerprint density at radius 2 is 1.88 bits per heavy atom. The summed E-state index contributed by atoms with van der Waals surface area (Å²) in [4.78, 5) is 26.0. The summed E-state index contributed by atoms with van der Waals surface area (Å²) in [5.41, 5.74) is 3.70. The minimum absolute atomic E-state index is 0.115. The predicted octanol–water partition coefficient (Wildman–Crippen LogP) is 3.82. The number of aryl methyl sites for hydroxylation is 1. The minimum Gasteiger partial charge on any atom is -0.374 e. The van der Waals surface area contributed by atoms with Crippen LogP contribution in [0.2, 0.25) is 0 Å². The van der Waals surface area contributed by atoms with Crippen LogP contribution in [-0.4, -0.2) is 24.9 Å². The summed E-state index contributed by atoms with van der Waals surface area (Å²) in [5, 5.41) is 6.05. The molecule has 3 rings (SSSR count). The number of rotatable bonds is 7. The molecule has 5 heteroatoms. The molecule has 2 amide bonds. The maximum absolute atomic E-state index is 12.2. The van der Waals surface area contributed by atoms with Crippen molar-refractivity contribution in [3.05, 3.63) is 54.1 Å². The first-order chi connectivity index (χ1) is 12.7. The van der Waals surface area contributed by atoms with Crippen molar-refractivity contribution in [2.75, 3.05) is 28.6 Å². The molecule has 1 saturated heterocycles. The van der Waals surface area contributed by atoms with Gasteiger partial charge in [0, 0.05) is 18.7 Å². The maximum atomic E-state index is 12.2. The van der Waals surface area contributed by atoms with Crippen LogP contribution in [0.3, 0.4) is 0 Å². The largest absolute Gasteiger partial charge is 0.374 e. The number of nitrogens with one attached hydrogen (secondary N) is 2. The molecule has 26 heavy (non-hydrogen) atoms. The van der Waals surface area contributed by atoms with Gasteiger partial charge in [-0.1, -0.05) is 37.6 Å². The standard InChI is InChI=1S/C21H25N3O2/c1-2-6-16-10-12-17(13-11-16)23-20(25)15-22-18-7-3-4-8-19(18)24-14-5-9-21(24)26/h3-4,7-8,10-13,22H,2,5-6,9,14-15H2,1H3,(H,23,25). The van der Waals surface area contributed by atoms with Gasteiger partial charge in [-0.25, -0.2) is 0 Å².